The maximum Gasteiger partial charge on any atom is 0.416 e. The number of carbonyl (C=O) groups is 1. The van der Waals surface area contributed by atoms with E-state index in [1.807, 2.05) is 42.5 Å². The van der Waals surface area contributed by atoms with Crippen molar-refractivity contribution in [3.8, 4) is 0 Å². The molecule has 0 aliphatic heterocycles. The summed E-state index contributed by atoms with van der Waals surface area (Å²) in [6, 6.07) is 20.9. The first-order valence-electron chi connectivity index (χ1n) is 9.96. The number of ketones is 1. The van der Waals surface area contributed by atoms with E-state index in [-0.39, 0.29) is 5.78 Å². The Balaban J connectivity index is 1.60. The summed E-state index contributed by atoms with van der Waals surface area (Å²) < 4.78 is 39.0. The molecule has 0 aromatic heterocycles. The van der Waals surface area contributed by atoms with Gasteiger partial charge >= 0.3 is 6.18 Å². The number of fused-ring (bicyclic) bond motifs is 2. The maximum atomic E-state index is 13.7. The second kappa shape index (κ2) is 6.69. The van der Waals surface area contributed by atoms with Crippen LogP contribution in [0.25, 0.3) is 5.57 Å². The Kier molecular flexibility index (Phi) is 4.21. The van der Waals surface area contributed by atoms with Crippen LogP contribution in [0.4, 0.5) is 13.2 Å². The molecule has 5 rings (SSSR count). The lowest BCUT2D eigenvalue weighted by Gasteiger charge is -2.30. The fourth-order valence-corrected chi connectivity index (χ4v) is 4.91. The molecule has 0 spiro atoms. The standard InChI is InChI=1S/C26H19F3O/c27-26(28,29)20-12-9-17(10-13-20)15-25(16-19-6-2-4-8-22(19)24(25)30)23-14-11-18-5-1-3-7-21(18)23/h1-10,12-14H,11,15-16H2. The van der Waals surface area contributed by atoms with Gasteiger partial charge in [0.1, 0.15) is 0 Å². The van der Waals surface area contributed by atoms with Crippen molar-refractivity contribution in [2.45, 2.75) is 25.4 Å². The van der Waals surface area contributed by atoms with Crippen LogP contribution in [0.15, 0.2) is 78.9 Å². The number of Topliss-reactive ketones (excluding diaryl/α,β-unsaturated/α-hetero) is 1. The number of rotatable bonds is 3. The fraction of sp³-hybridized carbons (Fsp3) is 0.192. The zero-order valence-corrected chi connectivity index (χ0v) is 16.2. The summed E-state index contributed by atoms with van der Waals surface area (Å²) in [4.78, 5) is 13.7. The molecule has 0 heterocycles. The van der Waals surface area contributed by atoms with E-state index in [1.165, 1.54) is 17.7 Å². The molecule has 0 saturated heterocycles. The number of carbonyl (C=O) groups excluding carboxylic acids is 1. The second-order valence-corrected chi connectivity index (χ2v) is 8.10. The normalized spacial score (nSPS) is 20.1. The van der Waals surface area contributed by atoms with Gasteiger partial charge in [-0.05, 0) is 59.2 Å². The first kappa shape index (κ1) is 18.9. The van der Waals surface area contributed by atoms with Crippen molar-refractivity contribution in [3.05, 3.63) is 112 Å². The summed E-state index contributed by atoms with van der Waals surface area (Å²) >= 11 is 0. The fourth-order valence-electron chi connectivity index (χ4n) is 4.91. The van der Waals surface area contributed by atoms with Gasteiger partial charge in [-0.1, -0.05) is 66.7 Å². The van der Waals surface area contributed by atoms with E-state index in [9.17, 15) is 18.0 Å². The smallest absolute Gasteiger partial charge is 0.293 e. The van der Waals surface area contributed by atoms with Crippen molar-refractivity contribution in [2.75, 3.05) is 0 Å². The molecule has 0 amide bonds. The van der Waals surface area contributed by atoms with E-state index in [1.54, 1.807) is 0 Å². The molecule has 30 heavy (non-hydrogen) atoms. The minimum absolute atomic E-state index is 0.0564. The zero-order valence-electron chi connectivity index (χ0n) is 16.2. The van der Waals surface area contributed by atoms with Gasteiger partial charge in [-0.2, -0.15) is 13.2 Å². The second-order valence-electron chi connectivity index (χ2n) is 8.10. The third kappa shape index (κ3) is 2.90. The third-order valence-electron chi connectivity index (χ3n) is 6.33. The van der Waals surface area contributed by atoms with Crippen LogP contribution in [0.1, 0.15) is 38.2 Å². The molecule has 3 aromatic carbocycles. The molecule has 0 saturated carbocycles. The number of hydrogen-bond acceptors (Lipinski definition) is 1. The molecule has 4 heteroatoms. The van der Waals surface area contributed by atoms with Gasteiger partial charge < -0.3 is 0 Å². The third-order valence-corrected chi connectivity index (χ3v) is 6.33. The van der Waals surface area contributed by atoms with Gasteiger partial charge in [-0.25, -0.2) is 0 Å². The highest BCUT2D eigenvalue weighted by Gasteiger charge is 2.49. The van der Waals surface area contributed by atoms with E-state index in [0.29, 0.717) is 12.8 Å². The zero-order chi connectivity index (χ0) is 20.9. The SMILES string of the molecule is O=C1c2ccccc2CC1(Cc1ccc(C(F)(F)F)cc1)C1=CCc2ccccc21. The van der Waals surface area contributed by atoms with Crippen LogP contribution in [-0.2, 0) is 25.4 Å². The Hall–Kier alpha value is -3.14. The Morgan fingerprint density at radius 2 is 1.43 bits per heavy atom. The van der Waals surface area contributed by atoms with E-state index >= 15 is 0 Å². The van der Waals surface area contributed by atoms with Crippen LogP contribution in [0.2, 0.25) is 0 Å². The molecule has 0 bridgehead atoms. The minimum Gasteiger partial charge on any atom is -0.293 e. The van der Waals surface area contributed by atoms with Gasteiger partial charge in [0.2, 0.25) is 0 Å². The van der Waals surface area contributed by atoms with Gasteiger partial charge in [0.25, 0.3) is 0 Å². The highest BCUT2D eigenvalue weighted by atomic mass is 19.4. The highest BCUT2D eigenvalue weighted by molar-refractivity contribution is 6.12. The molecule has 150 valence electrons. The van der Waals surface area contributed by atoms with E-state index in [2.05, 4.69) is 12.1 Å². The number of halogens is 3. The summed E-state index contributed by atoms with van der Waals surface area (Å²) in [5.41, 5.74) is 4.24. The van der Waals surface area contributed by atoms with Crippen LogP contribution in [-0.4, -0.2) is 5.78 Å². The molecule has 1 atom stereocenters. The number of benzene rings is 3. The number of allylic oxidation sites excluding steroid dienone is 2. The van der Waals surface area contributed by atoms with E-state index in [0.717, 1.165) is 46.4 Å². The van der Waals surface area contributed by atoms with Crippen molar-refractivity contribution < 1.29 is 18.0 Å². The molecular formula is C26H19F3O. The van der Waals surface area contributed by atoms with Crippen molar-refractivity contribution in [2.24, 2.45) is 5.41 Å². The first-order valence-corrected chi connectivity index (χ1v) is 9.96. The Labute approximate surface area is 172 Å². The number of hydrogen-bond donors (Lipinski definition) is 0. The molecule has 2 aliphatic rings. The summed E-state index contributed by atoms with van der Waals surface area (Å²) in [6.07, 6.45) is -0.549. The van der Waals surface area contributed by atoms with Gasteiger partial charge in [-0.3, -0.25) is 4.79 Å². The van der Waals surface area contributed by atoms with Crippen molar-refractivity contribution >= 4 is 11.4 Å². The van der Waals surface area contributed by atoms with Gasteiger partial charge in [0.05, 0.1) is 11.0 Å². The highest BCUT2D eigenvalue weighted by Crippen LogP contribution is 2.51. The summed E-state index contributed by atoms with van der Waals surface area (Å²) in [5.74, 6) is 0.0564. The van der Waals surface area contributed by atoms with E-state index in [4.69, 9.17) is 0 Å². The molecular weight excluding hydrogens is 385 g/mol. The Morgan fingerprint density at radius 3 is 2.10 bits per heavy atom. The molecule has 2 aliphatic carbocycles. The van der Waals surface area contributed by atoms with Crippen LogP contribution < -0.4 is 0 Å². The number of alkyl halides is 3. The van der Waals surface area contributed by atoms with Crippen LogP contribution in [0.3, 0.4) is 0 Å². The average Bonchev–Trinajstić information content (AvgIpc) is 3.28. The summed E-state index contributed by atoms with van der Waals surface area (Å²) in [5, 5.41) is 0. The first-order chi connectivity index (χ1) is 14.4. The van der Waals surface area contributed by atoms with Crippen LogP contribution in [0.5, 0.6) is 0 Å². The molecule has 0 fully saturated rings. The molecule has 0 radical (unpaired) electrons. The van der Waals surface area contributed by atoms with Gasteiger partial charge in [0, 0.05) is 5.56 Å². The minimum atomic E-state index is -4.37. The monoisotopic (exact) mass is 404 g/mol. The predicted molar refractivity (Wildman–Crippen MR) is 110 cm³/mol. The van der Waals surface area contributed by atoms with Crippen molar-refractivity contribution in [1.82, 2.24) is 0 Å². The van der Waals surface area contributed by atoms with Crippen molar-refractivity contribution in [1.29, 1.82) is 0 Å². The predicted octanol–water partition coefficient (Wildman–Crippen LogP) is 6.31. The van der Waals surface area contributed by atoms with Gasteiger partial charge in [0.15, 0.2) is 5.78 Å². The topological polar surface area (TPSA) is 17.1 Å². The average molecular weight is 404 g/mol. The molecule has 1 nitrogen and oxygen atoms in total. The molecule has 0 N–H and O–H groups in total. The lowest BCUT2D eigenvalue weighted by Crippen LogP contribution is -2.32. The largest absolute Gasteiger partial charge is 0.416 e. The Morgan fingerprint density at radius 1 is 0.800 bits per heavy atom. The van der Waals surface area contributed by atoms with Crippen molar-refractivity contribution in [3.63, 3.8) is 0 Å². The summed E-state index contributed by atoms with van der Waals surface area (Å²) in [7, 11) is 0. The summed E-state index contributed by atoms with van der Waals surface area (Å²) in [6.45, 7) is 0. The maximum absolute atomic E-state index is 13.7. The molecule has 3 aromatic rings. The van der Waals surface area contributed by atoms with Crippen LogP contribution in [0, 0.1) is 5.41 Å². The Bertz CT molecular complexity index is 1170. The van der Waals surface area contributed by atoms with Crippen LogP contribution >= 0.6 is 0 Å². The van der Waals surface area contributed by atoms with E-state index < -0.39 is 17.2 Å². The quantitative estimate of drug-likeness (QED) is 0.500. The lowest BCUT2D eigenvalue weighted by molar-refractivity contribution is -0.137. The van der Waals surface area contributed by atoms with Gasteiger partial charge in [-0.15, -0.1) is 0 Å². The lowest BCUT2D eigenvalue weighted by atomic mass is 9.70. The molecule has 1 unspecified atom stereocenters.